The molecule has 1 spiro atoms. The van der Waals surface area contributed by atoms with E-state index >= 15 is 0 Å². The van der Waals surface area contributed by atoms with E-state index in [4.69, 9.17) is 21.1 Å². The Labute approximate surface area is 226 Å². The van der Waals surface area contributed by atoms with Gasteiger partial charge in [-0.05, 0) is 44.4 Å². The lowest BCUT2D eigenvalue weighted by Gasteiger charge is -2.28. The lowest BCUT2D eigenvalue weighted by atomic mass is 9.83. The molecule has 0 radical (unpaired) electrons. The lowest BCUT2D eigenvalue weighted by Crippen LogP contribution is -2.53. The van der Waals surface area contributed by atoms with Crippen LogP contribution in [0.4, 0.5) is 5.69 Å². The summed E-state index contributed by atoms with van der Waals surface area (Å²) in [5.41, 5.74) is -0.577. The summed E-state index contributed by atoms with van der Waals surface area (Å²) in [6, 6.07) is 12.8. The highest BCUT2D eigenvalue weighted by Gasteiger charge is 2.62. The zero-order valence-electron chi connectivity index (χ0n) is 21.9. The van der Waals surface area contributed by atoms with Crippen LogP contribution in [0.1, 0.15) is 50.0 Å². The maximum Gasteiger partial charge on any atom is 0.337 e. The van der Waals surface area contributed by atoms with Gasteiger partial charge < -0.3 is 14.4 Å². The summed E-state index contributed by atoms with van der Waals surface area (Å²) in [6.07, 6.45) is 0.449. The highest BCUT2D eigenvalue weighted by atomic mass is 35.5. The maximum absolute atomic E-state index is 14.4. The zero-order valence-corrected chi connectivity index (χ0v) is 22.6. The van der Waals surface area contributed by atoms with E-state index < -0.39 is 29.4 Å². The number of Topliss-reactive ketones (excluding diaryl/α,β-unsaturated/α-hetero) is 1. The maximum atomic E-state index is 14.4. The van der Waals surface area contributed by atoms with Crippen LogP contribution in [0, 0.1) is 5.92 Å². The molecule has 2 atom stereocenters. The first-order chi connectivity index (χ1) is 18.1. The fraction of sp³-hybridized carbons (Fsp3) is 0.379. The predicted octanol–water partition coefficient (Wildman–Crippen LogP) is 4.21. The number of carbonyl (C=O) groups is 4. The van der Waals surface area contributed by atoms with Gasteiger partial charge in [0.05, 0.1) is 36.6 Å². The molecule has 2 heterocycles. The van der Waals surface area contributed by atoms with Gasteiger partial charge in [0.2, 0.25) is 0 Å². The SMILES string of the molecule is CCOC(=O)C1=C(C(=O)OCC)[C@]2(N[C@@H]1CC(C)C)C(=O)N(CC(=O)c1ccccc1)c1ccc(Cl)cc12. The van der Waals surface area contributed by atoms with Gasteiger partial charge in [0.25, 0.3) is 5.91 Å². The van der Waals surface area contributed by atoms with Gasteiger partial charge in [-0.2, -0.15) is 0 Å². The molecule has 4 rings (SSSR count). The second-order valence-corrected chi connectivity index (χ2v) is 10.1. The Hall–Kier alpha value is -3.49. The topological polar surface area (TPSA) is 102 Å². The molecule has 9 heteroatoms. The number of halogens is 1. The van der Waals surface area contributed by atoms with Crippen LogP contribution >= 0.6 is 11.6 Å². The van der Waals surface area contributed by atoms with Crippen LogP contribution < -0.4 is 10.2 Å². The van der Waals surface area contributed by atoms with E-state index in [1.807, 2.05) is 13.8 Å². The Balaban J connectivity index is 1.93. The first-order valence-electron chi connectivity index (χ1n) is 12.7. The summed E-state index contributed by atoms with van der Waals surface area (Å²) in [5, 5.41) is 3.65. The predicted molar refractivity (Wildman–Crippen MR) is 143 cm³/mol. The van der Waals surface area contributed by atoms with E-state index in [9.17, 15) is 19.2 Å². The van der Waals surface area contributed by atoms with E-state index in [-0.39, 0.29) is 42.6 Å². The third-order valence-electron chi connectivity index (χ3n) is 6.68. The molecule has 2 aromatic carbocycles. The quantitative estimate of drug-likeness (QED) is 0.377. The van der Waals surface area contributed by atoms with Crippen LogP contribution in [-0.2, 0) is 29.4 Å². The van der Waals surface area contributed by atoms with Crippen molar-refractivity contribution in [3.05, 3.63) is 75.8 Å². The molecule has 0 bridgehead atoms. The lowest BCUT2D eigenvalue weighted by molar-refractivity contribution is -0.142. The molecule has 2 aliphatic heterocycles. The summed E-state index contributed by atoms with van der Waals surface area (Å²) in [5.74, 6) is -2.22. The fourth-order valence-corrected chi connectivity index (χ4v) is 5.39. The van der Waals surface area contributed by atoms with Crippen LogP contribution in [-0.4, -0.2) is 49.4 Å². The van der Waals surface area contributed by atoms with Crippen molar-refractivity contribution >= 4 is 40.9 Å². The van der Waals surface area contributed by atoms with Gasteiger partial charge >= 0.3 is 11.9 Å². The van der Waals surface area contributed by atoms with E-state index in [1.54, 1.807) is 62.4 Å². The number of esters is 2. The molecule has 0 unspecified atom stereocenters. The molecule has 0 aliphatic carbocycles. The number of benzene rings is 2. The Morgan fingerprint density at radius 3 is 2.32 bits per heavy atom. The van der Waals surface area contributed by atoms with E-state index in [0.717, 1.165) is 0 Å². The van der Waals surface area contributed by atoms with Crippen molar-refractivity contribution in [1.82, 2.24) is 5.32 Å². The van der Waals surface area contributed by atoms with Gasteiger partial charge in [0.15, 0.2) is 11.3 Å². The van der Waals surface area contributed by atoms with Crippen molar-refractivity contribution in [3.8, 4) is 0 Å². The van der Waals surface area contributed by atoms with Crippen molar-refractivity contribution < 1.29 is 28.7 Å². The van der Waals surface area contributed by atoms with Crippen molar-refractivity contribution in [2.75, 3.05) is 24.7 Å². The number of nitrogens with zero attached hydrogens (tertiary/aromatic N) is 1. The Kier molecular flexibility index (Phi) is 8.04. The average molecular weight is 539 g/mol. The monoisotopic (exact) mass is 538 g/mol. The summed E-state index contributed by atoms with van der Waals surface area (Å²) < 4.78 is 10.7. The first kappa shape index (κ1) is 27.5. The molecule has 200 valence electrons. The van der Waals surface area contributed by atoms with Gasteiger partial charge in [-0.3, -0.25) is 14.9 Å². The number of carbonyl (C=O) groups excluding carboxylic acids is 4. The van der Waals surface area contributed by atoms with Crippen molar-refractivity contribution in [3.63, 3.8) is 0 Å². The summed E-state index contributed by atoms with van der Waals surface area (Å²) >= 11 is 6.39. The van der Waals surface area contributed by atoms with Crippen LogP contribution in [0.25, 0.3) is 0 Å². The minimum atomic E-state index is -1.77. The van der Waals surface area contributed by atoms with Crippen molar-refractivity contribution in [2.24, 2.45) is 5.92 Å². The number of hydrogen-bond acceptors (Lipinski definition) is 7. The number of anilines is 1. The van der Waals surface area contributed by atoms with E-state index in [0.29, 0.717) is 28.3 Å². The van der Waals surface area contributed by atoms with Crippen molar-refractivity contribution in [1.29, 1.82) is 0 Å². The molecule has 1 amide bonds. The number of hydrogen-bond donors (Lipinski definition) is 1. The molecular weight excluding hydrogens is 508 g/mol. The average Bonchev–Trinajstić information content (AvgIpc) is 3.32. The Bertz CT molecular complexity index is 1310. The standard InChI is InChI=1S/C29H31ClN2O6/c1-5-37-26(34)24-21(14-17(3)4)31-29(25(24)27(35)38-6-2)20-15-19(30)12-13-22(20)32(28(29)36)16-23(33)18-10-8-7-9-11-18/h7-13,15,17,21,31H,5-6,14,16H2,1-4H3/t21-,29+/m1/s1. The molecule has 0 aromatic heterocycles. The summed E-state index contributed by atoms with van der Waals surface area (Å²) in [6.45, 7) is 7.14. The highest BCUT2D eigenvalue weighted by Crippen LogP contribution is 2.51. The normalized spacial score (nSPS) is 20.3. The second kappa shape index (κ2) is 11.1. The molecule has 0 fully saturated rings. The molecule has 1 N–H and O–H groups in total. The molecule has 0 saturated heterocycles. The van der Waals surface area contributed by atoms with Crippen molar-refractivity contribution in [2.45, 2.75) is 45.7 Å². The smallest absolute Gasteiger partial charge is 0.337 e. The van der Waals surface area contributed by atoms with Gasteiger partial charge in [-0.15, -0.1) is 0 Å². The molecular formula is C29H31ClN2O6. The number of amides is 1. The van der Waals surface area contributed by atoms with Gasteiger partial charge in [-0.25, -0.2) is 9.59 Å². The Morgan fingerprint density at radius 1 is 1.03 bits per heavy atom. The Morgan fingerprint density at radius 2 is 1.68 bits per heavy atom. The number of rotatable bonds is 9. The largest absolute Gasteiger partial charge is 0.463 e. The fourth-order valence-electron chi connectivity index (χ4n) is 5.22. The highest BCUT2D eigenvalue weighted by molar-refractivity contribution is 6.31. The molecule has 38 heavy (non-hydrogen) atoms. The third kappa shape index (κ3) is 4.74. The minimum Gasteiger partial charge on any atom is -0.463 e. The first-order valence-corrected chi connectivity index (χ1v) is 13.1. The van der Waals surface area contributed by atoms with E-state index in [2.05, 4.69) is 5.32 Å². The minimum absolute atomic E-state index is 0.0379. The van der Waals surface area contributed by atoms with Gasteiger partial charge in [-0.1, -0.05) is 55.8 Å². The number of nitrogens with one attached hydrogen (secondary N) is 1. The molecule has 8 nitrogen and oxygen atoms in total. The molecule has 2 aliphatic rings. The summed E-state index contributed by atoms with van der Waals surface area (Å²) in [4.78, 5) is 55.8. The summed E-state index contributed by atoms with van der Waals surface area (Å²) in [7, 11) is 0. The number of ketones is 1. The zero-order chi connectivity index (χ0) is 27.6. The van der Waals surface area contributed by atoms with Crippen LogP contribution in [0.5, 0.6) is 0 Å². The van der Waals surface area contributed by atoms with Crippen LogP contribution in [0.15, 0.2) is 59.7 Å². The second-order valence-electron chi connectivity index (χ2n) is 9.65. The van der Waals surface area contributed by atoms with E-state index in [1.165, 1.54) is 4.90 Å². The number of fused-ring (bicyclic) bond motifs is 2. The molecule has 2 aromatic rings. The van der Waals surface area contributed by atoms with Gasteiger partial charge in [0, 0.05) is 22.2 Å². The number of ether oxygens (including phenoxy) is 2. The van der Waals surface area contributed by atoms with Crippen LogP contribution in [0.3, 0.4) is 0 Å². The van der Waals surface area contributed by atoms with Crippen LogP contribution in [0.2, 0.25) is 5.02 Å². The third-order valence-corrected chi connectivity index (χ3v) is 6.92. The van der Waals surface area contributed by atoms with Gasteiger partial charge in [0.1, 0.15) is 0 Å². The molecule has 0 saturated carbocycles.